The van der Waals surface area contributed by atoms with Gasteiger partial charge in [-0.05, 0) is 26.2 Å². The van der Waals surface area contributed by atoms with Crippen LogP contribution in [0, 0.1) is 0 Å². The number of allylic oxidation sites excluding steroid dienone is 1. The van der Waals surface area contributed by atoms with Crippen molar-refractivity contribution >= 4 is 25.3 Å². The van der Waals surface area contributed by atoms with Gasteiger partial charge >= 0.3 is 6.18 Å². The highest BCUT2D eigenvalue weighted by atomic mass is 19.4. The maximum absolute atomic E-state index is 14.6. The van der Waals surface area contributed by atoms with E-state index in [9.17, 15) is 31.4 Å². The first-order valence-electron chi connectivity index (χ1n) is 8.67. The average Bonchev–Trinajstić information content (AvgIpc) is 3.36. The predicted molar refractivity (Wildman–Crippen MR) is 91.3 cm³/mol. The molecule has 1 heterocycles. The SMILES string of the molecule is BC1(O)C(F)=C(c2nc(NC3CC3)nc(N[C@@H](C)C(F)(F)F)n2)CCC1(F)F. The molecule has 0 saturated heterocycles. The summed E-state index contributed by atoms with van der Waals surface area (Å²) >= 11 is 0. The molecule has 0 aromatic carbocycles. The number of rotatable bonds is 5. The van der Waals surface area contributed by atoms with Gasteiger partial charge in [0.15, 0.2) is 13.7 Å². The van der Waals surface area contributed by atoms with Crippen molar-refractivity contribution in [2.75, 3.05) is 10.6 Å². The summed E-state index contributed by atoms with van der Waals surface area (Å²) in [5.41, 5.74) is -3.45. The fourth-order valence-corrected chi connectivity index (χ4v) is 2.63. The van der Waals surface area contributed by atoms with E-state index in [4.69, 9.17) is 0 Å². The minimum Gasteiger partial charge on any atom is -0.386 e. The third-order valence-electron chi connectivity index (χ3n) is 4.75. The van der Waals surface area contributed by atoms with Gasteiger partial charge in [0.05, 0.1) is 0 Å². The first-order valence-corrected chi connectivity index (χ1v) is 8.67. The van der Waals surface area contributed by atoms with Gasteiger partial charge in [-0.3, -0.25) is 0 Å². The Morgan fingerprint density at radius 3 is 2.36 bits per heavy atom. The van der Waals surface area contributed by atoms with Gasteiger partial charge < -0.3 is 15.7 Å². The molecule has 0 radical (unpaired) electrons. The maximum Gasteiger partial charge on any atom is 0.408 e. The van der Waals surface area contributed by atoms with Crippen LogP contribution in [0.1, 0.15) is 38.4 Å². The van der Waals surface area contributed by atoms with Crippen LogP contribution in [0.3, 0.4) is 0 Å². The lowest BCUT2D eigenvalue weighted by atomic mass is 9.68. The molecule has 0 bridgehead atoms. The van der Waals surface area contributed by atoms with Crippen molar-refractivity contribution in [3.8, 4) is 0 Å². The molecule has 6 nitrogen and oxygen atoms in total. The van der Waals surface area contributed by atoms with Crippen LogP contribution >= 0.6 is 0 Å². The molecule has 1 saturated carbocycles. The van der Waals surface area contributed by atoms with Crippen LogP contribution in [-0.2, 0) is 0 Å². The van der Waals surface area contributed by atoms with E-state index in [1.165, 1.54) is 0 Å². The third-order valence-corrected chi connectivity index (χ3v) is 4.75. The van der Waals surface area contributed by atoms with Gasteiger partial charge in [-0.25, -0.2) is 13.2 Å². The number of alkyl halides is 5. The number of nitrogens with zero attached hydrogens (tertiary/aromatic N) is 3. The van der Waals surface area contributed by atoms with Gasteiger partial charge in [0.2, 0.25) is 11.9 Å². The van der Waals surface area contributed by atoms with Crippen molar-refractivity contribution in [2.45, 2.75) is 62.3 Å². The number of halogens is 6. The predicted octanol–water partition coefficient (Wildman–Crippen LogP) is 2.24. The molecule has 0 aliphatic heterocycles. The van der Waals surface area contributed by atoms with Gasteiger partial charge in [-0.15, -0.1) is 0 Å². The molecule has 2 atom stereocenters. The lowest BCUT2D eigenvalue weighted by Gasteiger charge is -2.36. The topological polar surface area (TPSA) is 83.0 Å². The van der Waals surface area contributed by atoms with Crippen molar-refractivity contribution in [2.24, 2.45) is 0 Å². The van der Waals surface area contributed by atoms with Crippen molar-refractivity contribution < 1.29 is 31.4 Å². The van der Waals surface area contributed by atoms with Gasteiger partial charge in [-0.2, -0.15) is 28.1 Å². The van der Waals surface area contributed by atoms with Crippen LogP contribution in [0.25, 0.3) is 5.57 Å². The minimum absolute atomic E-state index is 0.0285. The highest BCUT2D eigenvalue weighted by Crippen LogP contribution is 2.46. The second-order valence-electron chi connectivity index (χ2n) is 7.20. The summed E-state index contributed by atoms with van der Waals surface area (Å²) in [4.78, 5) is 11.6. The van der Waals surface area contributed by atoms with E-state index in [1.807, 2.05) is 0 Å². The quantitative estimate of drug-likeness (QED) is 0.511. The maximum atomic E-state index is 14.6. The largest absolute Gasteiger partial charge is 0.408 e. The van der Waals surface area contributed by atoms with Gasteiger partial charge in [0, 0.05) is 18.0 Å². The Morgan fingerprint density at radius 2 is 1.79 bits per heavy atom. The van der Waals surface area contributed by atoms with E-state index in [-0.39, 0.29) is 17.6 Å². The molecule has 0 amide bonds. The van der Waals surface area contributed by atoms with E-state index in [0.29, 0.717) is 7.85 Å². The first kappa shape index (κ1) is 20.7. The molecule has 0 spiro atoms. The Kier molecular flexibility index (Phi) is 5.01. The van der Waals surface area contributed by atoms with Crippen LogP contribution in [0.15, 0.2) is 5.83 Å². The molecule has 1 fully saturated rings. The van der Waals surface area contributed by atoms with E-state index in [2.05, 4.69) is 25.6 Å². The Labute approximate surface area is 157 Å². The van der Waals surface area contributed by atoms with Gasteiger partial charge in [0.1, 0.15) is 17.4 Å². The van der Waals surface area contributed by atoms with E-state index in [1.54, 1.807) is 0 Å². The smallest absolute Gasteiger partial charge is 0.386 e. The zero-order chi connectivity index (χ0) is 20.9. The van der Waals surface area contributed by atoms with Crippen molar-refractivity contribution in [3.05, 3.63) is 11.7 Å². The number of hydrogen-bond acceptors (Lipinski definition) is 6. The summed E-state index contributed by atoms with van der Waals surface area (Å²) in [5, 5.41) is 14.8. The fourth-order valence-electron chi connectivity index (χ4n) is 2.63. The second-order valence-corrected chi connectivity index (χ2v) is 7.20. The van der Waals surface area contributed by atoms with Crippen molar-refractivity contribution in [1.29, 1.82) is 0 Å². The zero-order valence-corrected chi connectivity index (χ0v) is 15.0. The highest BCUT2D eigenvalue weighted by molar-refractivity contribution is 6.18. The monoisotopic (exact) mass is 409 g/mol. The zero-order valence-electron chi connectivity index (χ0n) is 15.0. The van der Waals surface area contributed by atoms with E-state index in [0.717, 1.165) is 19.8 Å². The second kappa shape index (κ2) is 6.78. The molecular formula is C15H18BF6N5O. The molecule has 1 unspecified atom stereocenters. The Morgan fingerprint density at radius 1 is 1.18 bits per heavy atom. The molecule has 2 aliphatic carbocycles. The number of anilines is 2. The fraction of sp³-hybridized carbons (Fsp3) is 0.667. The van der Waals surface area contributed by atoms with E-state index >= 15 is 0 Å². The third kappa shape index (κ3) is 4.03. The molecule has 1 aromatic rings. The summed E-state index contributed by atoms with van der Waals surface area (Å²) in [7, 11) is 0.636. The minimum atomic E-state index is -4.59. The summed E-state index contributed by atoms with van der Waals surface area (Å²) in [6.45, 7) is 0.850. The molecule has 154 valence electrons. The van der Waals surface area contributed by atoms with Crippen LogP contribution in [-0.4, -0.2) is 57.6 Å². The van der Waals surface area contributed by atoms with Crippen LogP contribution < -0.4 is 10.6 Å². The summed E-state index contributed by atoms with van der Waals surface area (Å²) in [6, 6.07) is -1.98. The standard InChI is InChI=1S/C15H18BF6N5O/c1-6(15(20,21)22)23-11-25-10(26-12(27-11)24-7-2-3-7)8-4-5-13(18,19)14(16,28)9(8)17/h6-7,28H,2-5,16H2,1H3,(H2,23,24,25,26,27)/t6-,14?/m0/s1. The van der Waals surface area contributed by atoms with Crippen LogP contribution in [0.5, 0.6) is 0 Å². The van der Waals surface area contributed by atoms with Crippen LogP contribution in [0.2, 0.25) is 0 Å². The highest BCUT2D eigenvalue weighted by Gasteiger charge is 2.55. The van der Waals surface area contributed by atoms with Crippen molar-refractivity contribution in [3.63, 3.8) is 0 Å². The summed E-state index contributed by atoms with van der Waals surface area (Å²) < 4.78 is 80.8. The van der Waals surface area contributed by atoms with Crippen LogP contribution in [0.4, 0.5) is 38.2 Å². The Balaban J connectivity index is 2.01. The average molecular weight is 409 g/mol. The van der Waals surface area contributed by atoms with E-state index < -0.39 is 54.1 Å². The number of aliphatic hydroxyl groups is 1. The Bertz CT molecular complexity index is 796. The Hall–Kier alpha value is -2.05. The molecule has 28 heavy (non-hydrogen) atoms. The number of nitrogens with one attached hydrogen (secondary N) is 2. The van der Waals surface area contributed by atoms with Gasteiger partial charge in [-0.1, -0.05) is 0 Å². The number of aromatic nitrogens is 3. The molecule has 13 heteroatoms. The molecule has 1 aromatic heterocycles. The summed E-state index contributed by atoms with van der Waals surface area (Å²) in [6.07, 6.45) is -4.32. The molecule has 2 aliphatic rings. The number of hydrogen-bond donors (Lipinski definition) is 3. The first-order chi connectivity index (χ1) is 12.8. The summed E-state index contributed by atoms with van der Waals surface area (Å²) in [5.74, 6) is -6.18. The van der Waals surface area contributed by atoms with Crippen molar-refractivity contribution in [1.82, 2.24) is 15.0 Å². The molecular weight excluding hydrogens is 391 g/mol. The lowest BCUT2D eigenvalue weighted by molar-refractivity contribution is -0.138. The molecule has 3 rings (SSSR count). The normalized spacial score (nSPS) is 26.1. The lowest BCUT2D eigenvalue weighted by Crippen LogP contribution is -2.51. The molecule has 3 N–H and O–H groups in total. The van der Waals surface area contributed by atoms with Gasteiger partial charge in [0.25, 0.3) is 5.92 Å².